The van der Waals surface area contributed by atoms with Gasteiger partial charge in [-0.25, -0.2) is 0 Å². The minimum atomic E-state index is -4.16. The van der Waals surface area contributed by atoms with Crippen molar-refractivity contribution in [3.05, 3.63) is 0 Å². The predicted octanol–water partition coefficient (Wildman–Crippen LogP) is -0.0590. The number of halogens is 3. The van der Waals surface area contributed by atoms with Crippen LogP contribution in [0.1, 0.15) is 32.1 Å². The van der Waals surface area contributed by atoms with Crippen molar-refractivity contribution in [2.45, 2.75) is 74.3 Å². The summed E-state index contributed by atoms with van der Waals surface area (Å²) in [6.07, 6.45) is -5.93. The van der Waals surface area contributed by atoms with Crippen LogP contribution in [0.3, 0.4) is 0 Å². The van der Waals surface area contributed by atoms with Gasteiger partial charge in [-0.05, 0) is 25.2 Å². The fraction of sp³-hybridized carbons (Fsp3) is 1.00. The second-order valence-electron chi connectivity index (χ2n) is 8.94. The first-order valence-electron chi connectivity index (χ1n) is 9.92. The molecule has 0 bridgehead atoms. The number of piperidine rings is 1. The Bertz CT molecular complexity index is 559. The number of alkyl halides is 3. The second kappa shape index (κ2) is 6.81. The first kappa shape index (κ1) is 19.8. The monoisotopic (exact) mass is 394 g/mol. The van der Waals surface area contributed by atoms with Crippen LogP contribution in [-0.2, 0) is 0 Å². The molecule has 4 N–H and O–H groups in total. The number of aliphatic hydroxyl groups is 4. The van der Waals surface area contributed by atoms with Gasteiger partial charge in [0.1, 0.15) is 12.2 Å². The SMILES string of the molecule is OC1CC12[C@@H](O)[C@H](O)[C@@H](O)CN2CC1CN([C@H]2CCCC[C@H]2C(F)(F)F)C1. The number of rotatable bonds is 3. The van der Waals surface area contributed by atoms with Crippen LogP contribution in [0.2, 0.25) is 0 Å². The smallest absolute Gasteiger partial charge is 0.391 e. The van der Waals surface area contributed by atoms with Gasteiger partial charge in [0.2, 0.25) is 0 Å². The maximum Gasteiger partial charge on any atom is 0.393 e. The Labute approximate surface area is 156 Å². The standard InChI is InChI=1S/C18H29F3N2O4/c19-18(20,21)11-3-1-2-4-12(11)22-6-10(7-22)8-23-9-13(24)15(26)16(27)17(23)5-14(17)25/h10-16,24-27H,1-9H2/t11-,12+,13+,14?,15-,16+,17?/m1/s1. The van der Waals surface area contributed by atoms with Crippen molar-refractivity contribution in [2.24, 2.45) is 11.8 Å². The van der Waals surface area contributed by atoms with Crippen molar-refractivity contribution in [1.82, 2.24) is 9.80 Å². The molecular formula is C18H29F3N2O4. The van der Waals surface area contributed by atoms with Gasteiger partial charge in [-0.3, -0.25) is 9.80 Å². The van der Waals surface area contributed by atoms with Gasteiger partial charge in [0.05, 0.1) is 23.7 Å². The summed E-state index contributed by atoms with van der Waals surface area (Å²) in [6, 6.07) is -0.449. The molecule has 2 saturated carbocycles. The molecule has 4 rings (SSSR count). The number of hydrogen-bond donors (Lipinski definition) is 4. The fourth-order valence-corrected chi connectivity index (χ4v) is 5.59. The van der Waals surface area contributed by atoms with Crippen molar-refractivity contribution >= 4 is 0 Å². The van der Waals surface area contributed by atoms with Crippen LogP contribution >= 0.6 is 0 Å². The largest absolute Gasteiger partial charge is 0.393 e. The van der Waals surface area contributed by atoms with Crippen LogP contribution in [0.5, 0.6) is 0 Å². The van der Waals surface area contributed by atoms with Gasteiger partial charge in [-0.15, -0.1) is 0 Å². The molecule has 0 aromatic heterocycles. The van der Waals surface area contributed by atoms with Crippen molar-refractivity contribution in [3.63, 3.8) is 0 Å². The Kier molecular flexibility index (Phi) is 5.01. The number of likely N-dealkylation sites (tertiary alicyclic amines) is 2. The Hall–Kier alpha value is -0.450. The van der Waals surface area contributed by atoms with Gasteiger partial charge >= 0.3 is 6.18 Å². The van der Waals surface area contributed by atoms with Crippen LogP contribution in [0.15, 0.2) is 0 Å². The molecule has 9 heteroatoms. The van der Waals surface area contributed by atoms with E-state index in [0.717, 1.165) is 6.42 Å². The average Bonchev–Trinajstić information content (AvgIpc) is 3.25. The van der Waals surface area contributed by atoms with E-state index in [0.29, 0.717) is 38.9 Å². The average molecular weight is 394 g/mol. The molecule has 4 fully saturated rings. The van der Waals surface area contributed by atoms with Crippen molar-refractivity contribution < 1.29 is 33.6 Å². The minimum Gasteiger partial charge on any atom is -0.391 e. The van der Waals surface area contributed by atoms with Gasteiger partial charge < -0.3 is 20.4 Å². The zero-order chi connectivity index (χ0) is 19.6. The van der Waals surface area contributed by atoms with Gasteiger partial charge in [0.25, 0.3) is 0 Å². The topological polar surface area (TPSA) is 87.4 Å². The highest BCUT2D eigenvalue weighted by atomic mass is 19.4. The number of aliphatic hydroxyl groups excluding tert-OH is 4. The third kappa shape index (κ3) is 3.30. The molecule has 0 radical (unpaired) electrons. The van der Waals surface area contributed by atoms with Crippen LogP contribution < -0.4 is 0 Å². The Morgan fingerprint density at radius 1 is 0.963 bits per heavy atom. The van der Waals surface area contributed by atoms with E-state index in [4.69, 9.17) is 0 Å². The zero-order valence-corrected chi connectivity index (χ0v) is 15.2. The molecule has 2 unspecified atom stereocenters. The lowest BCUT2D eigenvalue weighted by atomic mass is 9.80. The molecule has 6 nitrogen and oxygen atoms in total. The predicted molar refractivity (Wildman–Crippen MR) is 89.8 cm³/mol. The zero-order valence-electron chi connectivity index (χ0n) is 15.2. The molecular weight excluding hydrogens is 365 g/mol. The summed E-state index contributed by atoms with van der Waals surface area (Å²) >= 11 is 0. The normalized spacial score (nSPS) is 47.2. The fourth-order valence-electron chi connectivity index (χ4n) is 5.59. The van der Waals surface area contributed by atoms with E-state index in [9.17, 15) is 33.6 Å². The van der Waals surface area contributed by atoms with Gasteiger partial charge in [-0.2, -0.15) is 13.2 Å². The molecule has 156 valence electrons. The van der Waals surface area contributed by atoms with Gasteiger partial charge in [0, 0.05) is 32.2 Å². The van der Waals surface area contributed by atoms with Crippen molar-refractivity contribution in [3.8, 4) is 0 Å². The first-order valence-corrected chi connectivity index (χ1v) is 9.92. The van der Waals surface area contributed by atoms with Crippen LogP contribution in [0.4, 0.5) is 13.2 Å². The molecule has 2 saturated heterocycles. The maximum atomic E-state index is 13.3. The first-order chi connectivity index (χ1) is 12.6. The Balaban J connectivity index is 1.36. The van der Waals surface area contributed by atoms with Crippen molar-refractivity contribution in [1.29, 1.82) is 0 Å². The number of nitrogens with zero attached hydrogens (tertiary/aromatic N) is 2. The quantitative estimate of drug-likeness (QED) is 0.537. The van der Waals surface area contributed by atoms with E-state index in [1.54, 1.807) is 0 Å². The summed E-state index contributed by atoms with van der Waals surface area (Å²) < 4.78 is 39.9. The highest BCUT2D eigenvalue weighted by Gasteiger charge is 2.67. The van der Waals surface area contributed by atoms with Gasteiger partial charge in [-0.1, -0.05) is 12.8 Å². The molecule has 7 atom stereocenters. The summed E-state index contributed by atoms with van der Waals surface area (Å²) in [5.41, 5.74) is -0.918. The Morgan fingerprint density at radius 3 is 2.19 bits per heavy atom. The summed E-state index contributed by atoms with van der Waals surface area (Å²) in [5.74, 6) is -1.11. The van der Waals surface area contributed by atoms with E-state index in [-0.39, 0.29) is 18.9 Å². The summed E-state index contributed by atoms with van der Waals surface area (Å²) in [6.45, 7) is 1.78. The van der Waals surface area contributed by atoms with E-state index in [1.807, 2.05) is 9.80 Å². The molecule has 0 aromatic carbocycles. The molecule has 2 aliphatic heterocycles. The number of β-amino-alcohol motifs (C(OH)–C–C–N with tert-alkyl or cyclic N) is 1. The summed E-state index contributed by atoms with van der Waals surface area (Å²) in [7, 11) is 0. The minimum absolute atomic E-state index is 0.139. The van der Waals surface area contributed by atoms with Crippen LogP contribution in [-0.4, -0.2) is 98.6 Å². The lowest BCUT2D eigenvalue weighted by Gasteiger charge is -2.52. The summed E-state index contributed by atoms with van der Waals surface area (Å²) in [4.78, 5) is 3.76. The van der Waals surface area contributed by atoms with Crippen LogP contribution in [0, 0.1) is 11.8 Å². The highest BCUT2D eigenvalue weighted by molar-refractivity contribution is 5.22. The Morgan fingerprint density at radius 2 is 1.59 bits per heavy atom. The van der Waals surface area contributed by atoms with E-state index < -0.39 is 48.1 Å². The lowest BCUT2D eigenvalue weighted by Crippen LogP contribution is -2.67. The molecule has 0 amide bonds. The van der Waals surface area contributed by atoms with E-state index >= 15 is 0 Å². The maximum absolute atomic E-state index is 13.3. The third-order valence-corrected chi connectivity index (χ3v) is 7.25. The molecule has 27 heavy (non-hydrogen) atoms. The van der Waals surface area contributed by atoms with E-state index in [2.05, 4.69) is 0 Å². The third-order valence-electron chi connectivity index (χ3n) is 7.25. The molecule has 1 spiro atoms. The highest BCUT2D eigenvalue weighted by Crippen LogP contribution is 2.49. The number of hydrogen-bond acceptors (Lipinski definition) is 6. The van der Waals surface area contributed by atoms with Crippen molar-refractivity contribution in [2.75, 3.05) is 26.2 Å². The molecule has 0 aromatic rings. The van der Waals surface area contributed by atoms with Crippen LogP contribution in [0.25, 0.3) is 0 Å². The molecule has 2 aliphatic carbocycles. The summed E-state index contributed by atoms with van der Waals surface area (Å²) in [5, 5.41) is 40.3. The van der Waals surface area contributed by atoms with E-state index in [1.165, 1.54) is 0 Å². The molecule has 4 aliphatic rings. The van der Waals surface area contributed by atoms with Gasteiger partial charge in [0.15, 0.2) is 0 Å². The lowest BCUT2D eigenvalue weighted by molar-refractivity contribution is -0.207. The molecule has 2 heterocycles. The second-order valence-corrected chi connectivity index (χ2v) is 8.94.